The summed E-state index contributed by atoms with van der Waals surface area (Å²) in [5.74, 6) is -0.391. The number of alkyl halides is 3. The van der Waals surface area contributed by atoms with Gasteiger partial charge in [0.15, 0.2) is 5.11 Å². The standard InChI is InChI=1S/C24H22F3N3OS/c1-15-9-8-14-19(16(15)2)28-22(31)21(17-10-4-3-5-11-17)30-23(32)29-20-13-7-6-12-18(20)24(25,26)27/h3-14,21H,1-2H3,(H,28,31)(H2,29,30,32). The third-order valence-corrected chi connectivity index (χ3v) is 5.23. The molecule has 0 aliphatic heterocycles. The summed E-state index contributed by atoms with van der Waals surface area (Å²) in [5.41, 5.74) is 2.17. The van der Waals surface area contributed by atoms with Crippen LogP contribution in [0.25, 0.3) is 0 Å². The number of carbonyl (C=O) groups is 1. The van der Waals surface area contributed by atoms with Crippen LogP contribution in [-0.4, -0.2) is 11.0 Å². The van der Waals surface area contributed by atoms with Gasteiger partial charge in [0.1, 0.15) is 6.04 Å². The molecule has 3 rings (SSSR count). The van der Waals surface area contributed by atoms with Crippen LogP contribution in [0.15, 0.2) is 72.8 Å². The molecule has 1 unspecified atom stereocenters. The van der Waals surface area contributed by atoms with Crippen LogP contribution in [0.5, 0.6) is 0 Å². The molecule has 3 aromatic rings. The van der Waals surface area contributed by atoms with Crippen LogP contribution in [-0.2, 0) is 11.0 Å². The number of amides is 1. The Bertz CT molecular complexity index is 1120. The third-order valence-electron chi connectivity index (χ3n) is 5.01. The highest BCUT2D eigenvalue weighted by molar-refractivity contribution is 7.80. The summed E-state index contributed by atoms with van der Waals surface area (Å²) in [6, 6.07) is 18.5. The fraction of sp³-hybridized carbons (Fsp3) is 0.167. The molecule has 3 aromatic carbocycles. The van der Waals surface area contributed by atoms with Gasteiger partial charge in [0.25, 0.3) is 5.91 Å². The van der Waals surface area contributed by atoms with Gasteiger partial charge in [0.2, 0.25) is 0 Å². The second-order valence-electron chi connectivity index (χ2n) is 7.22. The van der Waals surface area contributed by atoms with E-state index in [0.29, 0.717) is 11.3 Å². The molecule has 0 radical (unpaired) electrons. The first-order valence-electron chi connectivity index (χ1n) is 9.82. The lowest BCUT2D eigenvalue weighted by Crippen LogP contribution is -2.39. The average molecular weight is 458 g/mol. The minimum absolute atomic E-state index is 0.105. The smallest absolute Gasteiger partial charge is 0.347 e. The van der Waals surface area contributed by atoms with Crippen molar-refractivity contribution in [3.63, 3.8) is 0 Å². The maximum Gasteiger partial charge on any atom is 0.418 e. The van der Waals surface area contributed by atoms with Gasteiger partial charge < -0.3 is 16.0 Å². The van der Waals surface area contributed by atoms with Crippen molar-refractivity contribution < 1.29 is 18.0 Å². The second kappa shape index (κ2) is 9.82. The number of anilines is 2. The van der Waals surface area contributed by atoms with Crippen molar-refractivity contribution in [2.45, 2.75) is 26.1 Å². The Labute approximate surface area is 189 Å². The Balaban J connectivity index is 1.84. The first kappa shape index (κ1) is 23.3. The zero-order valence-corrected chi connectivity index (χ0v) is 18.3. The van der Waals surface area contributed by atoms with Crippen molar-refractivity contribution in [2.75, 3.05) is 10.6 Å². The number of aryl methyl sites for hydroxylation is 1. The molecule has 0 aliphatic carbocycles. The van der Waals surface area contributed by atoms with Crippen molar-refractivity contribution >= 4 is 34.6 Å². The number of nitrogens with one attached hydrogen (secondary N) is 3. The van der Waals surface area contributed by atoms with E-state index in [1.165, 1.54) is 18.2 Å². The molecule has 166 valence electrons. The van der Waals surface area contributed by atoms with E-state index in [4.69, 9.17) is 12.2 Å². The van der Waals surface area contributed by atoms with Gasteiger partial charge >= 0.3 is 6.18 Å². The number of hydrogen-bond acceptors (Lipinski definition) is 2. The van der Waals surface area contributed by atoms with Gasteiger partial charge in [-0.05, 0) is 61.0 Å². The monoisotopic (exact) mass is 457 g/mol. The minimum atomic E-state index is -4.54. The van der Waals surface area contributed by atoms with Gasteiger partial charge in [-0.25, -0.2) is 0 Å². The predicted octanol–water partition coefficient (Wildman–Crippen LogP) is 5.99. The van der Waals surface area contributed by atoms with E-state index in [9.17, 15) is 18.0 Å². The summed E-state index contributed by atoms with van der Waals surface area (Å²) in [5, 5.41) is 8.21. The quantitative estimate of drug-likeness (QED) is 0.412. The van der Waals surface area contributed by atoms with E-state index in [0.717, 1.165) is 17.2 Å². The van der Waals surface area contributed by atoms with Crippen LogP contribution >= 0.6 is 12.2 Å². The molecular formula is C24H22F3N3OS. The van der Waals surface area contributed by atoms with Crippen molar-refractivity contribution in [3.8, 4) is 0 Å². The summed E-state index contributed by atoms with van der Waals surface area (Å²) < 4.78 is 39.9. The molecule has 1 amide bonds. The second-order valence-corrected chi connectivity index (χ2v) is 7.63. The van der Waals surface area contributed by atoms with Gasteiger partial charge in [-0.2, -0.15) is 13.2 Å². The summed E-state index contributed by atoms with van der Waals surface area (Å²) in [7, 11) is 0. The molecule has 0 bridgehead atoms. The van der Waals surface area contributed by atoms with Crippen molar-refractivity contribution in [1.82, 2.24) is 5.32 Å². The van der Waals surface area contributed by atoms with Gasteiger partial charge in [-0.1, -0.05) is 54.6 Å². The molecule has 1 atom stereocenters. The fourth-order valence-electron chi connectivity index (χ4n) is 3.17. The van der Waals surface area contributed by atoms with E-state index in [1.807, 2.05) is 26.0 Å². The number of hydrogen-bond donors (Lipinski definition) is 3. The number of thiocarbonyl (C=S) groups is 1. The molecule has 0 saturated carbocycles. The summed E-state index contributed by atoms with van der Waals surface area (Å²) in [6.07, 6.45) is -4.54. The lowest BCUT2D eigenvalue weighted by Gasteiger charge is -2.22. The van der Waals surface area contributed by atoms with Crippen LogP contribution in [0.2, 0.25) is 0 Å². The van der Waals surface area contributed by atoms with Gasteiger partial charge in [-0.3, -0.25) is 4.79 Å². The first-order chi connectivity index (χ1) is 15.2. The van der Waals surface area contributed by atoms with Gasteiger partial charge in [-0.15, -0.1) is 0 Å². The first-order valence-corrected chi connectivity index (χ1v) is 10.2. The lowest BCUT2D eigenvalue weighted by molar-refractivity contribution is -0.136. The van der Waals surface area contributed by atoms with Crippen LogP contribution in [0.3, 0.4) is 0 Å². The highest BCUT2D eigenvalue weighted by atomic mass is 32.1. The molecule has 0 saturated heterocycles. The van der Waals surface area contributed by atoms with Crippen molar-refractivity contribution in [3.05, 3.63) is 95.1 Å². The van der Waals surface area contributed by atoms with Crippen LogP contribution in [0.1, 0.15) is 28.3 Å². The molecule has 4 nitrogen and oxygen atoms in total. The molecular weight excluding hydrogens is 435 g/mol. The molecule has 0 heterocycles. The molecule has 32 heavy (non-hydrogen) atoms. The molecule has 0 spiro atoms. The Hall–Kier alpha value is -3.39. The molecule has 0 aliphatic rings. The highest BCUT2D eigenvalue weighted by Crippen LogP contribution is 2.34. The van der Waals surface area contributed by atoms with Gasteiger partial charge in [0.05, 0.1) is 11.3 Å². The van der Waals surface area contributed by atoms with Crippen LogP contribution in [0, 0.1) is 13.8 Å². The maximum absolute atomic E-state index is 13.3. The lowest BCUT2D eigenvalue weighted by atomic mass is 10.0. The minimum Gasteiger partial charge on any atom is -0.347 e. The molecule has 3 N–H and O–H groups in total. The summed E-state index contributed by atoms with van der Waals surface area (Å²) >= 11 is 5.26. The van der Waals surface area contributed by atoms with Gasteiger partial charge in [0, 0.05) is 5.69 Å². The Morgan fingerprint density at radius 1 is 0.844 bits per heavy atom. The zero-order valence-electron chi connectivity index (χ0n) is 17.5. The summed E-state index contributed by atoms with van der Waals surface area (Å²) in [4.78, 5) is 13.1. The van der Waals surface area contributed by atoms with E-state index < -0.39 is 23.7 Å². The van der Waals surface area contributed by atoms with Crippen molar-refractivity contribution in [1.29, 1.82) is 0 Å². The Kier molecular flexibility index (Phi) is 7.15. The van der Waals surface area contributed by atoms with E-state index >= 15 is 0 Å². The zero-order chi connectivity index (χ0) is 23.3. The topological polar surface area (TPSA) is 53.2 Å². The van der Waals surface area contributed by atoms with Crippen LogP contribution in [0.4, 0.5) is 24.5 Å². The highest BCUT2D eigenvalue weighted by Gasteiger charge is 2.33. The predicted molar refractivity (Wildman–Crippen MR) is 125 cm³/mol. The Morgan fingerprint density at radius 3 is 2.16 bits per heavy atom. The average Bonchev–Trinajstić information content (AvgIpc) is 2.75. The normalized spacial score (nSPS) is 12.0. The number of halogens is 3. The largest absolute Gasteiger partial charge is 0.418 e. The number of rotatable bonds is 5. The van der Waals surface area contributed by atoms with Crippen molar-refractivity contribution in [2.24, 2.45) is 0 Å². The molecule has 0 fully saturated rings. The SMILES string of the molecule is Cc1cccc(NC(=O)C(NC(=S)Nc2ccccc2C(F)(F)F)c2ccccc2)c1C. The van der Waals surface area contributed by atoms with E-state index in [2.05, 4.69) is 16.0 Å². The Morgan fingerprint density at radius 2 is 1.47 bits per heavy atom. The fourth-order valence-corrected chi connectivity index (χ4v) is 3.39. The third kappa shape index (κ3) is 5.64. The summed E-state index contributed by atoms with van der Waals surface area (Å²) in [6.45, 7) is 3.84. The maximum atomic E-state index is 13.3. The molecule has 0 aromatic heterocycles. The number of benzene rings is 3. The van der Waals surface area contributed by atoms with E-state index in [1.54, 1.807) is 36.4 Å². The number of carbonyl (C=O) groups excluding carboxylic acids is 1. The number of para-hydroxylation sites is 1. The van der Waals surface area contributed by atoms with E-state index in [-0.39, 0.29) is 10.8 Å². The van der Waals surface area contributed by atoms with Crippen LogP contribution < -0.4 is 16.0 Å². The molecule has 8 heteroatoms.